The SMILES string of the molecule is CC1CC(C)CN(C(C)(C)CNC(=O)CNC(=O)c2ccccc2I)C1. The first-order valence-electron chi connectivity index (χ1n) is 9.23. The first-order valence-corrected chi connectivity index (χ1v) is 10.3. The number of piperidine rings is 1. The van der Waals surface area contributed by atoms with Gasteiger partial charge in [-0.15, -0.1) is 0 Å². The van der Waals surface area contributed by atoms with Gasteiger partial charge in [0.15, 0.2) is 0 Å². The van der Waals surface area contributed by atoms with Crippen molar-refractivity contribution in [3.05, 3.63) is 33.4 Å². The second kappa shape index (κ2) is 9.17. The van der Waals surface area contributed by atoms with Crippen LogP contribution in [0, 0.1) is 15.4 Å². The number of carbonyl (C=O) groups is 2. The molecule has 2 unspecified atom stereocenters. The molecule has 2 rings (SSSR count). The van der Waals surface area contributed by atoms with Gasteiger partial charge >= 0.3 is 0 Å². The third-order valence-corrected chi connectivity index (χ3v) is 5.91. The molecule has 26 heavy (non-hydrogen) atoms. The maximum Gasteiger partial charge on any atom is 0.252 e. The Balaban J connectivity index is 1.80. The van der Waals surface area contributed by atoms with Crippen LogP contribution in [0.1, 0.15) is 44.5 Å². The van der Waals surface area contributed by atoms with Gasteiger partial charge in [-0.25, -0.2) is 0 Å². The minimum absolute atomic E-state index is 0.00725. The van der Waals surface area contributed by atoms with Gasteiger partial charge in [0.2, 0.25) is 5.91 Å². The lowest BCUT2D eigenvalue weighted by atomic mass is 9.88. The fraction of sp³-hybridized carbons (Fsp3) is 0.600. The Hall–Kier alpha value is -1.15. The Bertz CT molecular complexity index is 638. The number of benzene rings is 1. The van der Waals surface area contributed by atoms with Crippen LogP contribution in [0.4, 0.5) is 0 Å². The number of carbonyl (C=O) groups excluding carboxylic acids is 2. The van der Waals surface area contributed by atoms with Crippen LogP contribution in [-0.4, -0.2) is 48.4 Å². The molecule has 0 aliphatic carbocycles. The van der Waals surface area contributed by atoms with Gasteiger partial charge in [-0.1, -0.05) is 26.0 Å². The molecule has 0 saturated carbocycles. The number of hydrogen-bond donors (Lipinski definition) is 2. The van der Waals surface area contributed by atoms with E-state index in [1.54, 1.807) is 6.07 Å². The van der Waals surface area contributed by atoms with Crippen LogP contribution in [-0.2, 0) is 4.79 Å². The van der Waals surface area contributed by atoms with Crippen LogP contribution < -0.4 is 10.6 Å². The van der Waals surface area contributed by atoms with Gasteiger partial charge < -0.3 is 10.6 Å². The van der Waals surface area contributed by atoms with Crippen LogP contribution in [0.25, 0.3) is 0 Å². The predicted octanol–water partition coefficient (Wildman–Crippen LogP) is 2.89. The highest BCUT2D eigenvalue weighted by Crippen LogP contribution is 2.26. The summed E-state index contributed by atoms with van der Waals surface area (Å²) in [7, 11) is 0. The third kappa shape index (κ3) is 5.94. The molecule has 0 spiro atoms. The molecule has 0 radical (unpaired) electrons. The zero-order valence-corrected chi connectivity index (χ0v) is 18.3. The van der Waals surface area contributed by atoms with Crippen molar-refractivity contribution in [2.45, 2.75) is 39.7 Å². The molecule has 1 aliphatic rings. The average molecular weight is 471 g/mol. The van der Waals surface area contributed by atoms with E-state index in [2.05, 4.69) is 65.8 Å². The van der Waals surface area contributed by atoms with E-state index in [-0.39, 0.29) is 23.9 Å². The number of nitrogens with zero attached hydrogens (tertiary/aromatic N) is 1. The van der Waals surface area contributed by atoms with Gasteiger partial charge in [-0.05, 0) is 66.8 Å². The van der Waals surface area contributed by atoms with Crippen LogP contribution in [0.3, 0.4) is 0 Å². The number of likely N-dealkylation sites (tertiary alicyclic amines) is 1. The number of nitrogens with one attached hydrogen (secondary N) is 2. The molecule has 1 aliphatic heterocycles. The molecular weight excluding hydrogens is 441 g/mol. The second-order valence-electron chi connectivity index (χ2n) is 8.10. The standard InChI is InChI=1S/C20H30IN3O2/c1-14-9-15(2)12-24(11-14)20(3,4)13-23-18(25)10-22-19(26)16-7-5-6-8-17(16)21/h5-8,14-15H,9-13H2,1-4H3,(H,22,26)(H,23,25). The summed E-state index contributed by atoms with van der Waals surface area (Å²) in [6, 6.07) is 7.34. The van der Waals surface area contributed by atoms with Gasteiger partial charge in [-0.2, -0.15) is 0 Å². The molecule has 1 aromatic rings. The van der Waals surface area contributed by atoms with E-state index in [1.807, 2.05) is 18.2 Å². The summed E-state index contributed by atoms with van der Waals surface area (Å²) < 4.78 is 0.873. The topological polar surface area (TPSA) is 61.4 Å². The Morgan fingerprint density at radius 3 is 2.38 bits per heavy atom. The monoisotopic (exact) mass is 471 g/mol. The van der Waals surface area contributed by atoms with Crippen molar-refractivity contribution in [3.63, 3.8) is 0 Å². The Kier molecular flexibility index (Phi) is 7.46. The maximum absolute atomic E-state index is 12.2. The third-order valence-electron chi connectivity index (χ3n) is 4.97. The fourth-order valence-corrected chi connectivity index (χ4v) is 4.18. The number of amides is 2. The van der Waals surface area contributed by atoms with Gasteiger partial charge in [0.05, 0.1) is 12.1 Å². The first kappa shape index (κ1) is 21.2. The first-order chi connectivity index (χ1) is 12.2. The van der Waals surface area contributed by atoms with Crippen LogP contribution in [0.2, 0.25) is 0 Å². The Morgan fingerprint density at radius 1 is 1.15 bits per heavy atom. The summed E-state index contributed by atoms with van der Waals surface area (Å²) in [4.78, 5) is 26.8. The minimum Gasteiger partial charge on any atom is -0.353 e. The molecule has 1 fully saturated rings. The maximum atomic E-state index is 12.2. The molecule has 1 aromatic carbocycles. The summed E-state index contributed by atoms with van der Waals surface area (Å²) in [6.45, 7) is 11.6. The molecule has 1 saturated heterocycles. The normalized spacial score (nSPS) is 21.3. The fourth-order valence-electron chi connectivity index (χ4n) is 3.55. The number of halogens is 1. The van der Waals surface area contributed by atoms with E-state index in [0.717, 1.165) is 16.7 Å². The molecule has 0 aromatic heterocycles. The predicted molar refractivity (Wildman–Crippen MR) is 113 cm³/mol. The van der Waals surface area contributed by atoms with Crippen molar-refractivity contribution in [3.8, 4) is 0 Å². The van der Waals surface area contributed by atoms with Gasteiger partial charge in [-0.3, -0.25) is 14.5 Å². The van der Waals surface area contributed by atoms with Crippen LogP contribution >= 0.6 is 22.6 Å². The highest BCUT2D eigenvalue weighted by molar-refractivity contribution is 14.1. The molecule has 144 valence electrons. The van der Waals surface area contributed by atoms with Gasteiger partial charge in [0, 0.05) is 28.7 Å². The van der Waals surface area contributed by atoms with Crippen molar-refractivity contribution in [2.24, 2.45) is 11.8 Å². The van der Waals surface area contributed by atoms with Crippen molar-refractivity contribution in [1.29, 1.82) is 0 Å². The zero-order chi connectivity index (χ0) is 19.3. The van der Waals surface area contributed by atoms with E-state index in [9.17, 15) is 9.59 Å². The highest BCUT2D eigenvalue weighted by atomic mass is 127. The summed E-state index contributed by atoms with van der Waals surface area (Å²) in [6.07, 6.45) is 1.27. The van der Waals surface area contributed by atoms with Gasteiger partial charge in [0.1, 0.15) is 0 Å². The van der Waals surface area contributed by atoms with Crippen molar-refractivity contribution in [1.82, 2.24) is 15.5 Å². The van der Waals surface area contributed by atoms with Crippen molar-refractivity contribution >= 4 is 34.4 Å². The molecule has 5 nitrogen and oxygen atoms in total. The molecule has 6 heteroatoms. The quantitative estimate of drug-likeness (QED) is 0.628. The molecule has 2 amide bonds. The molecular formula is C20H30IN3O2. The molecule has 2 atom stereocenters. The Labute approximate surface area is 170 Å². The minimum atomic E-state index is -0.219. The summed E-state index contributed by atoms with van der Waals surface area (Å²) in [5, 5.41) is 5.67. The van der Waals surface area contributed by atoms with Gasteiger partial charge in [0.25, 0.3) is 5.91 Å². The van der Waals surface area contributed by atoms with Crippen molar-refractivity contribution < 1.29 is 9.59 Å². The van der Waals surface area contributed by atoms with Crippen molar-refractivity contribution in [2.75, 3.05) is 26.2 Å². The lowest BCUT2D eigenvalue weighted by Crippen LogP contribution is -2.56. The van der Waals surface area contributed by atoms with E-state index < -0.39 is 0 Å². The summed E-state index contributed by atoms with van der Waals surface area (Å²) in [5.74, 6) is 0.987. The lowest BCUT2D eigenvalue weighted by Gasteiger charge is -2.45. The number of rotatable bonds is 6. The second-order valence-corrected chi connectivity index (χ2v) is 9.26. The molecule has 0 bridgehead atoms. The highest BCUT2D eigenvalue weighted by Gasteiger charge is 2.32. The van der Waals surface area contributed by atoms with E-state index >= 15 is 0 Å². The van der Waals surface area contributed by atoms with E-state index in [4.69, 9.17) is 0 Å². The molecule has 1 heterocycles. The lowest BCUT2D eigenvalue weighted by molar-refractivity contribution is -0.120. The Morgan fingerprint density at radius 2 is 1.77 bits per heavy atom. The average Bonchev–Trinajstić information content (AvgIpc) is 2.57. The van der Waals surface area contributed by atoms with E-state index in [0.29, 0.717) is 23.9 Å². The van der Waals surface area contributed by atoms with E-state index in [1.165, 1.54) is 6.42 Å². The zero-order valence-electron chi connectivity index (χ0n) is 16.1. The number of hydrogen-bond acceptors (Lipinski definition) is 3. The summed E-state index contributed by atoms with van der Waals surface area (Å²) >= 11 is 2.12. The van der Waals surface area contributed by atoms with Crippen LogP contribution in [0.15, 0.2) is 24.3 Å². The summed E-state index contributed by atoms with van der Waals surface area (Å²) in [5.41, 5.74) is 0.495. The van der Waals surface area contributed by atoms with Crippen LogP contribution in [0.5, 0.6) is 0 Å². The molecule has 2 N–H and O–H groups in total. The largest absolute Gasteiger partial charge is 0.353 e. The smallest absolute Gasteiger partial charge is 0.252 e.